The number of benzene rings is 3. The highest BCUT2D eigenvalue weighted by Gasteiger charge is 2.23. The molecule has 5 nitrogen and oxygen atoms in total. The lowest BCUT2D eigenvalue weighted by atomic mass is 10.0. The molecule has 3 aromatic rings. The van der Waals surface area contributed by atoms with Gasteiger partial charge in [0.25, 0.3) is 0 Å². The molecule has 0 aromatic heterocycles. The smallest absolute Gasteiger partial charge is 0.338 e. The molecule has 0 fully saturated rings. The molecule has 0 aliphatic rings. The molecule has 0 saturated carbocycles. The van der Waals surface area contributed by atoms with E-state index in [9.17, 15) is 19.8 Å². The van der Waals surface area contributed by atoms with Crippen molar-refractivity contribution in [2.75, 3.05) is 4.90 Å². The largest absolute Gasteiger partial charge is 0.478 e. The van der Waals surface area contributed by atoms with Crippen LogP contribution in [-0.2, 0) is 13.1 Å². The zero-order chi connectivity index (χ0) is 19.2. The molecule has 3 rings (SSSR count). The van der Waals surface area contributed by atoms with E-state index in [1.807, 2.05) is 65.6 Å². The van der Waals surface area contributed by atoms with Crippen molar-refractivity contribution >= 4 is 17.6 Å². The highest BCUT2D eigenvalue weighted by Crippen LogP contribution is 2.27. The molecule has 0 saturated heterocycles. The summed E-state index contributed by atoms with van der Waals surface area (Å²) in [5.41, 5.74) is 1.98. The van der Waals surface area contributed by atoms with Crippen molar-refractivity contribution in [2.45, 2.75) is 13.1 Å². The second-order valence-corrected chi connectivity index (χ2v) is 6.14. The Morgan fingerprint density at radius 3 is 1.63 bits per heavy atom. The van der Waals surface area contributed by atoms with Gasteiger partial charge in [0, 0.05) is 13.1 Å². The summed E-state index contributed by atoms with van der Waals surface area (Å²) in [6, 6.07) is 23.9. The number of rotatable bonds is 7. The van der Waals surface area contributed by atoms with Gasteiger partial charge >= 0.3 is 11.9 Å². The Balaban J connectivity index is 2.08. The van der Waals surface area contributed by atoms with Crippen molar-refractivity contribution in [3.63, 3.8) is 0 Å². The first-order chi connectivity index (χ1) is 13.1. The molecule has 0 atom stereocenters. The summed E-state index contributed by atoms with van der Waals surface area (Å²) < 4.78 is 0. The van der Waals surface area contributed by atoms with Gasteiger partial charge in [-0.2, -0.15) is 0 Å². The van der Waals surface area contributed by atoms with E-state index in [0.717, 1.165) is 11.1 Å². The van der Waals surface area contributed by atoms with Crippen LogP contribution in [0.15, 0.2) is 78.9 Å². The average molecular weight is 361 g/mol. The van der Waals surface area contributed by atoms with Crippen molar-refractivity contribution in [3.8, 4) is 0 Å². The minimum atomic E-state index is -1.26. The van der Waals surface area contributed by atoms with Gasteiger partial charge in [0.15, 0.2) is 0 Å². The van der Waals surface area contributed by atoms with E-state index < -0.39 is 11.9 Å². The molecule has 3 aromatic carbocycles. The lowest BCUT2D eigenvalue weighted by Crippen LogP contribution is -2.25. The molecule has 0 aliphatic carbocycles. The number of anilines is 1. The van der Waals surface area contributed by atoms with Gasteiger partial charge in [-0.05, 0) is 23.3 Å². The molecule has 0 radical (unpaired) electrons. The zero-order valence-electron chi connectivity index (χ0n) is 14.6. The Kier molecular flexibility index (Phi) is 5.52. The van der Waals surface area contributed by atoms with Crippen LogP contribution in [0.25, 0.3) is 0 Å². The highest BCUT2D eigenvalue weighted by atomic mass is 16.4. The van der Waals surface area contributed by atoms with Crippen molar-refractivity contribution in [2.24, 2.45) is 0 Å². The van der Waals surface area contributed by atoms with Crippen LogP contribution < -0.4 is 4.90 Å². The topological polar surface area (TPSA) is 77.8 Å². The van der Waals surface area contributed by atoms with Gasteiger partial charge in [-0.1, -0.05) is 66.7 Å². The first-order valence-corrected chi connectivity index (χ1v) is 8.48. The van der Waals surface area contributed by atoms with Crippen LogP contribution in [0.4, 0.5) is 5.69 Å². The Hall–Kier alpha value is -3.60. The van der Waals surface area contributed by atoms with E-state index in [2.05, 4.69) is 0 Å². The third-order valence-electron chi connectivity index (χ3n) is 4.26. The average Bonchev–Trinajstić information content (AvgIpc) is 2.68. The van der Waals surface area contributed by atoms with Crippen LogP contribution in [-0.4, -0.2) is 22.2 Å². The number of hydrogen-bond acceptors (Lipinski definition) is 3. The zero-order valence-corrected chi connectivity index (χ0v) is 14.6. The van der Waals surface area contributed by atoms with Gasteiger partial charge in [0.2, 0.25) is 0 Å². The minimum Gasteiger partial charge on any atom is -0.478 e. The number of nitrogens with zero attached hydrogens (tertiary/aromatic N) is 1. The number of carboxylic acid groups (broad SMARTS) is 2. The summed E-state index contributed by atoms with van der Waals surface area (Å²) >= 11 is 0. The van der Waals surface area contributed by atoms with Crippen molar-refractivity contribution in [3.05, 3.63) is 101 Å². The summed E-state index contributed by atoms with van der Waals surface area (Å²) in [5.74, 6) is -2.51. The Morgan fingerprint density at radius 1 is 0.667 bits per heavy atom. The van der Waals surface area contributed by atoms with E-state index in [1.165, 1.54) is 6.07 Å². The monoisotopic (exact) mass is 361 g/mol. The molecule has 0 aliphatic heterocycles. The lowest BCUT2D eigenvalue weighted by Gasteiger charge is -2.27. The summed E-state index contributed by atoms with van der Waals surface area (Å²) in [6.45, 7) is 0.915. The molecular weight excluding hydrogens is 342 g/mol. The molecule has 136 valence electrons. The van der Waals surface area contributed by atoms with Crippen LogP contribution in [0.2, 0.25) is 0 Å². The first-order valence-electron chi connectivity index (χ1n) is 8.48. The van der Waals surface area contributed by atoms with Crippen LogP contribution in [0.3, 0.4) is 0 Å². The number of carboxylic acids is 2. The quantitative estimate of drug-likeness (QED) is 0.656. The van der Waals surface area contributed by atoms with Gasteiger partial charge < -0.3 is 15.1 Å². The van der Waals surface area contributed by atoms with E-state index in [4.69, 9.17) is 0 Å². The van der Waals surface area contributed by atoms with Crippen molar-refractivity contribution < 1.29 is 19.8 Å². The molecule has 27 heavy (non-hydrogen) atoms. The second-order valence-electron chi connectivity index (χ2n) is 6.14. The second kappa shape index (κ2) is 8.19. The minimum absolute atomic E-state index is 0.197. The maximum absolute atomic E-state index is 11.9. The van der Waals surface area contributed by atoms with E-state index >= 15 is 0 Å². The van der Waals surface area contributed by atoms with E-state index in [-0.39, 0.29) is 11.1 Å². The number of aromatic carboxylic acids is 2. The fraction of sp³-hybridized carbons (Fsp3) is 0.0909. The Morgan fingerprint density at radius 2 is 1.19 bits per heavy atom. The first kappa shape index (κ1) is 18.2. The molecule has 0 heterocycles. The highest BCUT2D eigenvalue weighted by molar-refractivity contribution is 6.05. The van der Waals surface area contributed by atoms with Gasteiger partial charge in [-0.25, -0.2) is 9.59 Å². The van der Waals surface area contributed by atoms with Gasteiger partial charge in [-0.15, -0.1) is 0 Å². The maximum atomic E-state index is 11.9. The summed E-state index contributed by atoms with van der Waals surface area (Å²) in [4.78, 5) is 25.3. The number of carbonyl (C=O) groups is 2. The van der Waals surface area contributed by atoms with E-state index in [1.54, 1.807) is 12.1 Å². The molecule has 0 unspecified atom stereocenters. The van der Waals surface area contributed by atoms with Gasteiger partial charge in [-0.3, -0.25) is 0 Å². The Bertz CT molecular complexity index is 898. The van der Waals surface area contributed by atoms with Crippen LogP contribution >= 0.6 is 0 Å². The fourth-order valence-corrected chi connectivity index (χ4v) is 3.04. The maximum Gasteiger partial charge on any atom is 0.338 e. The molecular formula is C22H19NO4. The molecule has 0 amide bonds. The fourth-order valence-electron chi connectivity index (χ4n) is 3.04. The van der Waals surface area contributed by atoms with Crippen molar-refractivity contribution in [1.82, 2.24) is 0 Å². The van der Waals surface area contributed by atoms with Crippen LogP contribution in [0.1, 0.15) is 31.8 Å². The molecule has 0 spiro atoms. The SMILES string of the molecule is O=C(O)c1cccc(N(Cc2ccccc2)Cc2ccccc2)c1C(=O)O. The third-order valence-corrected chi connectivity index (χ3v) is 4.26. The summed E-state index contributed by atoms with van der Waals surface area (Å²) in [6.07, 6.45) is 0. The van der Waals surface area contributed by atoms with Gasteiger partial charge in [0.1, 0.15) is 0 Å². The van der Waals surface area contributed by atoms with E-state index in [0.29, 0.717) is 18.8 Å². The molecule has 2 N–H and O–H groups in total. The molecule has 0 bridgehead atoms. The van der Waals surface area contributed by atoms with Crippen LogP contribution in [0, 0.1) is 0 Å². The summed E-state index contributed by atoms with van der Waals surface area (Å²) in [7, 11) is 0. The predicted molar refractivity (Wildman–Crippen MR) is 103 cm³/mol. The van der Waals surface area contributed by atoms with Crippen LogP contribution in [0.5, 0.6) is 0 Å². The number of hydrogen-bond donors (Lipinski definition) is 2. The summed E-state index contributed by atoms with van der Waals surface area (Å²) in [5, 5.41) is 19.1. The normalized spacial score (nSPS) is 10.4. The standard InChI is InChI=1S/C22H19NO4/c24-21(25)18-12-7-13-19(20(18)22(26)27)23(14-16-8-3-1-4-9-16)15-17-10-5-2-6-11-17/h1-13H,14-15H2,(H,24,25)(H,26,27). The lowest BCUT2D eigenvalue weighted by molar-refractivity contribution is 0.0652. The third kappa shape index (κ3) is 4.33. The molecule has 5 heteroatoms. The van der Waals surface area contributed by atoms with Gasteiger partial charge in [0.05, 0.1) is 16.8 Å². The Labute approximate surface area is 157 Å². The predicted octanol–water partition coefficient (Wildman–Crippen LogP) is 4.29. The van der Waals surface area contributed by atoms with Crippen molar-refractivity contribution in [1.29, 1.82) is 0 Å².